The largest absolute Gasteiger partial charge is 0.427 e. The first kappa shape index (κ1) is 28.9. The van der Waals surface area contributed by atoms with Crippen molar-refractivity contribution in [2.45, 2.75) is 60.4 Å². The van der Waals surface area contributed by atoms with E-state index in [1.54, 1.807) is 20.8 Å². The minimum absolute atomic E-state index is 0.0769. The Labute approximate surface area is 235 Å². The lowest BCUT2D eigenvalue weighted by atomic mass is 9.93. The molecule has 10 heteroatoms. The van der Waals surface area contributed by atoms with Crippen molar-refractivity contribution in [3.05, 3.63) is 65.4 Å². The van der Waals surface area contributed by atoms with Gasteiger partial charge in [-0.15, -0.1) is 10.2 Å². The van der Waals surface area contributed by atoms with Crippen LogP contribution in [0.5, 0.6) is 0 Å². The molecule has 2 N–H and O–H groups in total. The molecule has 0 spiro atoms. The Morgan fingerprint density at radius 3 is 2.33 bits per heavy atom. The highest BCUT2D eigenvalue weighted by Gasteiger charge is 2.38. The SMILES string of the molecule is CCCN1NC(C(C)C)=C(C(=O)OCOC(=O)C(C)(C)C)C1Cc1ccc(-c2ccccc2-c2nn[nH]n2)cc1. The first-order chi connectivity index (χ1) is 19.1. The molecule has 1 atom stereocenters. The van der Waals surface area contributed by atoms with E-state index in [0.29, 0.717) is 17.8 Å². The summed E-state index contributed by atoms with van der Waals surface area (Å²) in [6, 6.07) is 16.0. The van der Waals surface area contributed by atoms with E-state index in [-0.39, 0.29) is 12.0 Å². The summed E-state index contributed by atoms with van der Waals surface area (Å²) >= 11 is 0. The van der Waals surface area contributed by atoms with Gasteiger partial charge in [-0.1, -0.05) is 69.3 Å². The van der Waals surface area contributed by atoms with E-state index in [4.69, 9.17) is 9.47 Å². The van der Waals surface area contributed by atoms with Crippen molar-refractivity contribution in [3.63, 3.8) is 0 Å². The maximum atomic E-state index is 13.4. The average molecular weight is 547 g/mol. The van der Waals surface area contributed by atoms with E-state index in [2.05, 4.69) is 62.2 Å². The number of nitrogens with zero attached hydrogens (tertiary/aromatic N) is 4. The van der Waals surface area contributed by atoms with Gasteiger partial charge in [-0.25, -0.2) is 9.80 Å². The number of rotatable bonds is 10. The Hall–Kier alpha value is -4.05. The van der Waals surface area contributed by atoms with Crippen molar-refractivity contribution in [1.82, 2.24) is 31.1 Å². The summed E-state index contributed by atoms with van der Waals surface area (Å²) in [5.74, 6) is -0.289. The summed E-state index contributed by atoms with van der Waals surface area (Å²) in [6.07, 6.45) is 1.51. The Bertz CT molecular complexity index is 1340. The van der Waals surface area contributed by atoms with Crippen molar-refractivity contribution >= 4 is 11.9 Å². The fourth-order valence-corrected chi connectivity index (χ4v) is 4.66. The summed E-state index contributed by atoms with van der Waals surface area (Å²) in [7, 11) is 0. The number of aromatic nitrogens is 4. The van der Waals surface area contributed by atoms with Gasteiger partial charge < -0.3 is 14.9 Å². The first-order valence-corrected chi connectivity index (χ1v) is 13.6. The predicted octanol–water partition coefficient (Wildman–Crippen LogP) is 4.68. The number of hydrogen-bond donors (Lipinski definition) is 2. The maximum absolute atomic E-state index is 13.4. The van der Waals surface area contributed by atoms with Crippen LogP contribution in [-0.2, 0) is 25.5 Å². The number of benzene rings is 2. The van der Waals surface area contributed by atoms with Crippen LogP contribution < -0.4 is 5.43 Å². The summed E-state index contributed by atoms with van der Waals surface area (Å²) in [4.78, 5) is 25.5. The molecule has 3 aromatic rings. The second-order valence-corrected chi connectivity index (χ2v) is 11.2. The van der Waals surface area contributed by atoms with Crippen LogP contribution in [0.1, 0.15) is 53.5 Å². The summed E-state index contributed by atoms with van der Waals surface area (Å²) in [5, 5.41) is 16.6. The number of hydrogen-bond acceptors (Lipinski definition) is 9. The molecule has 0 radical (unpaired) electrons. The average Bonchev–Trinajstić information content (AvgIpc) is 3.58. The minimum Gasteiger partial charge on any atom is -0.427 e. The quantitative estimate of drug-likeness (QED) is 0.276. The van der Waals surface area contributed by atoms with Gasteiger partial charge in [0, 0.05) is 17.8 Å². The zero-order chi connectivity index (χ0) is 28.9. The number of aromatic amines is 1. The molecule has 1 aliphatic rings. The zero-order valence-electron chi connectivity index (χ0n) is 24.0. The van der Waals surface area contributed by atoms with Gasteiger partial charge in [-0.05, 0) is 61.4 Å². The first-order valence-electron chi connectivity index (χ1n) is 13.6. The molecule has 0 saturated heterocycles. The number of allylic oxidation sites excluding steroid dienone is 1. The minimum atomic E-state index is -0.678. The Morgan fingerprint density at radius 1 is 1.02 bits per heavy atom. The second-order valence-electron chi connectivity index (χ2n) is 11.2. The van der Waals surface area contributed by atoms with Gasteiger partial charge >= 0.3 is 11.9 Å². The number of H-pyrrole nitrogens is 1. The molecule has 0 bridgehead atoms. The van der Waals surface area contributed by atoms with Crippen LogP contribution >= 0.6 is 0 Å². The second kappa shape index (κ2) is 12.4. The van der Waals surface area contributed by atoms with Gasteiger partial charge in [0.2, 0.25) is 12.6 Å². The van der Waals surface area contributed by atoms with Crippen molar-refractivity contribution in [2.75, 3.05) is 13.3 Å². The van der Waals surface area contributed by atoms with Gasteiger partial charge in [-0.3, -0.25) is 4.79 Å². The zero-order valence-corrected chi connectivity index (χ0v) is 24.0. The smallest absolute Gasteiger partial charge is 0.340 e. The molecule has 0 amide bonds. The van der Waals surface area contributed by atoms with E-state index >= 15 is 0 Å². The van der Waals surface area contributed by atoms with Crippen molar-refractivity contribution < 1.29 is 19.1 Å². The van der Waals surface area contributed by atoms with Crippen LogP contribution in [0.25, 0.3) is 22.5 Å². The van der Waals surface area contributed by atoms with Gasteiger partial charge in [0.25, 0.3) is 0 Å². The van der Waals surface area contributed by atoms with Crippen molar-refractivity contribution in [3.8, 4) is 22.5 Å². The molecule has 2 heterocycles. The number of carbonyl (C=O) groups excluding carboxylic acids is 2. The maximum Gasteiger partial charge on any atom is 0.340 e. The van der Waals surface area contributed by atoms with E-state index < -0.39 is 24.1 Å². The van der Waals surface area contributed by atoms with Crippen LogP contribution in [0.2, 0.25) is 0 Å². The molecule has 1 aromatic heterocycles. The lowest BCUT2D eigenvalue weighted by molar-refractivity contribution is -0.171. The Morgan fingerprint density at radius 2 is 1.73 bits per heavy atom. The molecule has 0 aliphatic carbocycles. The van der Waals surface area contributed by atoms with Gasteiger partial charge in [0.1, 0.15) is 0 Å². The van der Waals surface area contributed by atoms with Crippen molar-refractivity contribution in [2.24, 2.45) is 11.3 Å². The van der Waals surface area contributed by atoms with Crippen LogP contribution in [0, 0.1) is 11.3 Å². The molecule has 40 heavy (non-hydrogen) atoms. The molecule has 1 aliphatic heterocycles. The van der Waals surface area contributed by atoms with E-state index in [9.17, 15) is 9.59 Å². The molecule has 212 valence electrons. The third kappa shape index (κ3) is 6.56. The Kier molecular flexibility index (Phi) is 8.99. The van der Waals surface area contributed by atoms with Crippen molar-refractivity contribution in [1.29, 1.82) is 0 Å². The highest BCUT2D eigenvalue weighted by atomic mass is 16.7. The lowest BCUT2D eigenvalue weighted by Crippen LogP contribution is -2.42. The van der Waals surface area contributed by atoms with Crippen LogP contribution in [0.3, 0.4) is 0 Å². The van der Waals surface area contributed by atoms with Crippen LogP contribution in [0.4, 0.5) is 0 Å². The fraction of sp³-hybridized carbons (Fsp3) is 0.433. The Balaban J connectivity index is 1.56. The van der Waals surface area contributed by atoms with Crippen LogP contribution in [-0.4, -0.2) is 57.0 Å². The van der Waals surface area contributed by atoms with E-state index in [1.165, 1.54) is 0 Å². The highest BCUT2D eigenvalue weighted by molar-refractivity contribution is 5.91. The summed E-state index contributed by atoms with van der Waals surface area (Å²) < 4.78 is 10.7. The molecular weight excluding hydrogens is 508 g/mol. The molecule has 0 fully saturated rings. The van der Waals surface area contributed by atoms with Gasteiger partial charge in [0.05, 0.1) is 17.0 Å². The third-order valence-corrected chi connectivity index (χ3v) is 6.73. The molecule has 1 unspecified atom stereocenters. The number of ether oxygens (including phenoxy) is 2. The van der Waals surface area contributed by atoms with E-state index in [0.717, 1.165) is 40.9 Å². The number of carbonyl (C=O) groups is 2. The lowest BCUT2D eigenvalue weighted by Gasteiger charge is -2.26. The molecule has 4 rings (SSSR count). The standard InChI is InChI=1S/C30H38N6O4/c1-7-16-36-24(25(26(33-36)19(2)3)28(37)39-18-40-29(38)30(4,5)6)17-20-12-14-21(15-13-20)22-10-8-9-11-23(22)27-31-34-35-32-27/h8-15,19,24,33H,7,16-18H2,1-6H3,(H,31,32,34,35). The topological polar surface area (TPSA) is 122 Å². The normalized spacial score (nSPS) is 15.8. The monoisotopic (exact) mass is 546 g/mol. The fourth-order valence-electron chi connectivity index (χ4n) is 4.66. The van der Waals surface area contributed by atoms with Gasteiger partial charge in [0.15, 0.2) is 0 Å². The summed E-state index contributed by atoms with van der Waals surface area (Å²) in [6.45, 7) is 11.8. The number of hydrazine groups is 1. The number of nitrogens with one attached hydrogen (secondary N) is 2. The highest BCUT2D eigenvalue weighted by Crippen LogP contribution is 2.32. The van der Waals surface area contributed by atoms with Gasteiger partial charge in [-0.2, -0.15) is 5.21 Å². The number of tetrazole rings is 1. The van der Waals surface area contributed by atoms with E-state index in [1.807, 2.05) is 38.1 Å². The number of esters is 2. The van der Waals surface area contributed by atoms with Crippen LogP contribution in [0.15, 0.2) is 59.8 Å². The molecule has 0 saturated carbocycles. The molecule has 10 nitrogen and oxygen atoms in total. The predicted molar refractivity (Wildman–Crippen MR) is 151 cm³/mol. The molecule has 2 aromatic carbocycles. The third-order valence-electron chi connectivity index (χ3n) is 6.73. The summed E-state index contributed by atoms with van der Waals surface area (Å²) in [5.41, 5.74) is 8.17. The molecular formula is C30H38N6O4.